The lowest BCUT2D eigenvalue weighted by Crippen LogP contribution is -2.18. The van der Waals surface area contributed by atoms with Gasteiger partial charge in [-0.25, -0.2) is 8.42 Å². The van der Waals surface area contributed by atoms with Crippen LogP contribution in [0, 0.1) is 13.8 Å². The number of hydrogen-bond acceptors (Lipinski definition) is 6. The number of benzene rings is 2. The van der Waals surface area contributed by atoms with Crippen molar-refractivity contribution in [3.63, 3.8) is 0 Å². The molecule has 0 spiro atoms. The second-order valence-electron chi connectivity index (χ2n) is 6.59. The molecule has 0 saturated heterocycles. The Kier molecular flexibility index (Phi) is 5.89. The molecule has 0 aliphatic carbocycles. The standard InChI is InChI=1S/C20H21N3O4S/c1-14-8-9-17(12-15(14)2)19-22-23-20(27-19)21-18(24)10-11-28(25,26)13-16-6-4-3-5-7-16/h3-9,12H,10-11,13H2,1-2H3,(H,21,23,24). The average Bonchev–Trinajstić information content (AvgIpc) is 3.11. The third-order valence-electron chi connectivity index (χ3n) is 4.29. The van der Waals surface area contributed by atoms with Crippen LogP contribution >= 0.6 is 0 Å². The van der Waals surface area contributed by atoms with Gasteiger partial charge in [-0.1, -0.05) is 41.5 Å². The lowest BCUT2D eigenvalue weighted by atomic mass is 10.1. The number of rotatable bonds is 7. The molecule has 0 aliphatic rings. The van der Waals surface area contributed by atoms with Crippen molar-refractivity contribution in [2.75, 3.05) is 11.1 Å². The van der Waals surface area contributed by atoms with Gasteiger partial charge in [0, 0.05) is 12.0 Å². The van der Waals surface area contributed by atoms with Crippen LogP contribution in [-0.4, -0.2) is 30.3 Å². The molecule has 146 valence electrons. The molecule has 1 heterocycles. The zero-order chi connectivity index (χ0) is 20.1. The number of carbonyl (C=O) groups excluding carboxylic acids is 1. The molecule has 0 bridgehead atoms. The molecule has 0 saturated carbocycles. The molecule has 0 atom stereocenters. The van der Waals surface area contributed by atoms with Gasteiger partial charge in [0.05, 0.1) is 11.5 Å². The molecular formula is C20H21N3O4S. The zero-order valence-corrected chi connectivity index (χ0v) is 16.5. The molecule has 0 aliphatic heterocycles. The predicted molar refractivity (Wildman–Crippen MR) is 106 cm³/mol. The van der Waals surface area contributed by atoms with E-state index in [0.717, 1.165) is 16.7 Å². The van der Waals surface area contributed by atoms with Crippen molar-refractivity contribution in [2.24, 2.45) is 0 Å². The summed E-state index contributed by atoms with van der Waals surface area (Å²) in [5.41, 5.74) is 3.68. The molecule has 1 amide bonds. The van der Waals surface area contributed by atoms with Crippen LogP contribution in [0.5, 0.6) is 0 Å². The summed E-state index contributed by atoms with van der Waals surface area (Å²) in [5, 5.41) is 10.2. The summed E-state index contributed by atoms with van der Waals surface area (Å²) >= 11 is 0. The van der Waals surface area contributed by atoms with Crippen molar-refractivity contribution >= 4 is 21.8 Å². The summed E-state index contributed by atoms with van der Waals surface area (Å²) in [6, 6.07) is 14.5. The molecule has 0 fully saturated rings. The van der Waals surface area contributed by atoms with E-state index in [1.54, 1.807) is 24.3 Å². The molecule has 8 heteroatoms. The maximum Gasteiger partial charge on any atom is 0.322 e. The minimum Gasteiger partial charge on any atom is -0.403 e. The number of nitrogens with one attached hydrogen (secondary N) is 1. The number of sulfone groups is 1. The fraction of sp³-hybridized carbons (Fsp3) is 0.250. The van der Waals surface area contributed by atoms with E-state index in [4.69, 9.17) is 4.42 Å². The van der Waals surface area contributed by atoms with E-state index in [1.807, 2.05) is 38.1 Å². The number of carbonyl (C=O) groups is 1. The number of hydrogen-bond donors (Lipinski definition) is 1. The summed E-state index contributed by atoms with van der Waals surface area (Å²) < 4.78 is 29.8. The lowest BCUT2D eigenvalue weighted by molar-refractivity contribution is -0.115. The minimum atomic E-state index is -3.40. The highest BCUT2D eigenvalue weighted by molar-refractivity contribution is 7.90. The van der Waals surface area contributed by atoms with Gasteiger partial charge in [0.15, 0.2) is 9.84 Å². The smallest absolute Gasteiger partial charge is 0.322 e. The molecule has 7 nitrogen and oxygen atoms in total. The Balaban J connectivity index is 1.56. The van der Waals surface area contributed by atoms with E-state index in [-0.39, 0.29) is 29.8 Å². The van der Waals surface area contributed by atoms with Crippen molar-refractivity contribution in [1.82, 2.24) is 10.2 Å². The van der Waals surface area contributed by atoms with E-state index in [0.29, 0.717) is 5.56 Å². The number of aromatic nitrogens is 2. The van der Waals surface area contributed by atoms with Gasteiger partial charge in [0.25, 0.3) is 0 Å². The van der Waals surface area contributed by atoms with Gasteiger partial charge in [0.2, 0.25) is 11.8 Å². The number of amides is 1. The summed E-state index contributed by atoms with van der Waals surface area (Å²) in [5.74, 6) is -0.563. The summed E-state index contributed by atoms with van der Waals surface area (Å²) in [6.07, 6.45) is -0.184. The third kappa shape index (κ3) is 5.26. The highest BCUT2D eigenvalue weighted by Crippen LogP contribution is 2.22. The summed E-state index contributed by atoms with van der Waals surface area (Å²) in [6.45, 7) is 3.98. The largest absolute Gasteiger partial charge is 0.403 e. The number of nitrogens with zero attached hydrogens (tertiary/aromatic N) is 2. The van der Waals surface area contributed by atoms with E-state index in [2.05, 4.69) is 15.5 Å². The van der Waals surface area contributed by atoms with Gasteiger partial charge in [-0.15, -0.1) is 5.10 Å². The van der Waals surface area contributed by atoms with Crippen molar-refractivity contribution in [3.8, 4) is 11.5 Å². The fourth-order valence-corrected chi connectivity index (χ4v) is 3.94. The van der Waals surface area contributed by atoms with E-state index in [9.17, 15) is 13.2 Å². The first-order valence-corrected chi connectivity index (χ1v) is 10.6. The highest BCUT2D eigenvalue weighted by Gasteiger charge is 2.17. The van der Waals surface area contributed by atoms with Crippen LogP contribution in [0.25, 0.3) is 11.5 Å². The van der Waals surface area contributed by atoms with Gasteiger partial charge in [0.1, 0.15) is 0 Å². The second kappa shape index (κ2) is 8.35. The molecule has 1 aromatic heterocycles. The maximum atomic E-state index is 12.2. The van der Waals surface area contributed by atoms with Crippen LogP contribution in [0.3, 0.4) is 0 Å². The maximum absolute atomic E-state index is 12.2. The van der Waals surface area contributed by atoms with Crippen LogP contribution in [0.15, 0.2) is 52.9 Å². The van der Waals surface area contributed by atoms with Crippen molar-refractivity contribution in [3.05, 3.63) is 65.2 Å². The van der Waals surface area contributed by atoms with E-state index >= 15 is 0 Å². The fourth-order valence-electron chi connectivity index (χ4n) is 2.60. The van der Waals surface area contributed by atoms with Crippen molar-refractivity contribution in [1.29, 1.82) is 0 Å². The zero-order valence-electron chi connectivity index (χ0n) is 15.7. The summed E-state index contributed by atoms with van der Waals surface area (Å²) in [7, 11) is -3.40. The molecule has 0 radical (unpaired) electrons. The topological polar surface area (TPSA) is 102 Å². The molecular weight excluding hydrogens is 378 g/mol. The van der Waals surface area contributed by atoms with Gasteiger partial charge in [-0.3, -0.25) is 10.1 Å². The Labute approximate surface area is 163 Å². The Hall–Kier alpha value is -3.00. The number of anilines is 1. The quantitative estimate of drug-likeness (QED) is 0.654. The van der Waals surface area contributed by atoms with Gasteiger partial charge in [-0.2, -0.15) is 0 Å². The lowest BCUT2D eigenvalue weighted by Gasteiger charge is -2.04. The SMILES string of the molecule is Cc1ccc(-c2nnc(NC(=O)CCS(=O)(=O)Cc3ccccc3)o2)cc1C. The molecule has 0 unspecified atom stereocenters. The van der Waals surface area contributed by atoms with Crippen LogP contribution in [0.4, 0.5) is 6.01 Å². The first-order chi connectivity index (χ1) is 13.3. The first-order valence-electron chi connectivity index (χ1n) is 8.78. The summed E-state index contributed by atoms with van der Waals surface area (Å²) in [4.78, 5) is 12.1. The molecule has 2 aromatic carbocycles. The molecule has 1 N–H and O–H groups in total. The second-order valence-corrected chi connectivity index (χ2v) is 8.77. The monoisotopic (exact) mass is 399 g/mol. The Morgan fingerprint density at radius 2 is 1.79 bits per heavy atom. The Morgan fingerprint density at radius 1 is 1.04 bits per heavy atom. The van der Waals surface area contributed by atoms with Crippen LogP contribution in [-0.2, 0) is 20.4 Å². The van der Waals surface area contributed by atoms with Gasteiger partial charge >= 0.3 is 6.01 Å². The Morgan fingerprint density at radius 3 is 2.50 bits per heavy atom. The highest BCUT2D eigenvalue weighted by atomic mass is 32.2. The normalized spacial score (nSPS) is 11.4. The van der Waals surface area contributed by atoms with Gasteiger partial charge < -0.3 is 4.42 Å². The molecule has 3 rings (SSSR count). The van der Waals surface area contributed by atoms with Crippen molar-refractivity contribution in [2.45, 2.75) is 26.0 Å². The van der Waals surface area contributed by atoms with Crippen LogP contribution < -0.4 is 5.32 Å². The molecule has 3 aromatic rings. The van der Waals surface area contributed by atoms with Gasteiger partial charge in [-0.05, 0) is 42.7 Å². The van der Waals surface area contributed by atoms with Crippen LogP contribution in [0.1, 0.15) is 23.1 Å². The number of aryl methyl sites for hydroxylation is 2. The molecule has 28 heavy (non-hydrogen) atoms. The first kappa shape index (κ1) is 19.8. The predicted octanol–water partition coefficient (Wildman–Crippen LogP) is 3.30. The average molecular weight is 399 g/mol. The third-order valence-corrected chi connectivity index (χ3v) is 5.89. The minimum absolute atomic E-state index is 0.0568. The Bertz CT molecular complexity index is 1080. The van der Waals surface area contributed by atoms with Crippen LogP contribution in [0.2, 0.25) is 0 Å². The van der Waals surface area contributed by atoms with E-state index in [1.165, 1.54) is 0 Å². The van der Waals surface area contributed by atoms with Crippen molar-refractivity contribution < 1.29 is 17.6 Å². The van der Waals surface area contributed by atoms with E-state index < -0.39 is 15.7 Å².